The normalized spacial score (nSPS) is 14.1. The van der Waals surface area contributed by atoms with Gasteiger partial charge in [0, 0.05) is 47.2 Å². The molecule has 0 saturated heterocycles. The number of carbonyl (C=O) groups is 1. The molecule has 23 heavy (non-hydrogen) atoms. The van der Waals surface area contributed by atoms with Crippen LogP contribution in [0.2, 0.25) is 0 Å². The molecule has 0 unspecified atom stereocenters. The van der Waals surface area contributed by atoms with Gasteiger partial charge in [0.25, 0.3) is 5.91 Å². The fourth-order valence-electron chi connectivity index (χ4n) is 3.28. The van der Waals surface area contributed by atoms with Crippen molar-refractivity contribution in [2.75, 3.05) is 6.54 Å². The van der Waals surface area contributed by atoms with Gasteiger partial charge in [0.2, 0.25) is 0 Å². The number of aromatic nitrogens is 1. The van der Waals surface area contributed by atoms with Gasteiger partial charge in [-0.2, -0.15) is 0 Å². The summed E-state index contributed by atoms with van der Waals surface area (Å²) >= 11 is 0. The molecule has 0 radical (unpaired) electrons. The maximum atomic E-state index is 13.0. The van der Waals surface area contributed by atoms with Gasteiger partial charge in [-0.05, 0) is 42.8 Å². The first kappa shape index (κ1) is 14.0. The van der Waals surface area contributed by atoms with Gasteiger partial charge in [0.05, 0.1) is 0 Å². The summed E-state index contributed by atoms with van der Waals surface area (Å²) in [5.41, 5.74) is 5.29. The molecular formula is C19H17FN2O. The third-order valence-corrected chi connectivity index (χ3v) is 4.51. The lowest BCUT2D eigenvalue weighted by Gasteiger charge is -2.27. The molecule has 3 aromatic rings. The standard InChI is InChI=1S/C19H17FN2O/c1-12-2-7-15-16-11-22(9-8-17(16)21-18(15)10-12)19(23)13-3-5-14(20)6-4-13/h2-7,10,21H,8-9,11H2,1H3. The van der Waals surface area contributed by atoms with Gasteiger partial charge in [-0.3, -0.25) is 4.79 Å². The van der Waals surface area contributed by atoms with Crippen molar-refractivity contribution in [2.45, 2.75) is 19.9 Å². The highest BCUT2D eigenvalue weighted by Crippen LogP contribution is 2.29. The van der Waals surface area contributed by atoms with Crippen LogP contribution < -0.4 is 0 Å². The Bertz CT molecular complexity index is 896. The molecule has 1 aliphatic heterocycles. The zero-order chi connectivity index (χ0) is 16.0. The summed E-state index contributed by atoms with van der Waals surface area (Å²) in [5.74, 6) is -0.369. The van der Waals surface area contributed by atoms with E-state index >= 15 is 0 Å². The van der Waals surface area contributed by atoms with Crippen LogP contribution in [0.15, 0.2) is 42.5 Å². The Morgan fingerprint density at radius 2 is 1.96 bits per heavy atom. The molecule has 4 rings (SSSR count). The molecule has 116 valence electrons. The molecule has 1 amide bonds. The topological polar surface area (TPSA) is 36.1 Å². The number of benzene rings is 2. The Balaban J connectivity index is 1.66. The van der Waals surface area contributed by atoms with Crippen molar-refractivity contribution in [2.24, 2.45) is 0 Å². The van der Waals surface area contributed by atoms with Crippen LogP contribution in [0.1, 0.15) is 27.2 Å². The van der Waals surface area contributed by atoms with Gasteiger partial charge in [-0.1, -0.05) is 12.1 Å². The zero-order valence-electron chi connectivity index (χ0n) is 12.9. The first-order chi connectivity index (χ1) is 11.1. The summed E-state index contributed by atoms with van der Waals surface area (Å²) in [4.78, 5) is 17.9. The first-order valence-electron chi connectivity index (χ1n) is 7.77. The lowest BCUT2D eigenvalue weighted by Crippen LogP contribution is -2.35. The summed E-state index contributed by atoms with van der Waals surface area (Å²) in [7, 11) is 0. The van der Waals surface area contributed by atoms with Gasteiger partial charge in [-0.25, -0.2) is 4.39 Å². The molecule has 4 heteroatoms. The van der Waals surface area contributed by atoms with E-state index in [4.69, 9.17) is 0 Å². The van der Waals surface area contributed by atoms with E-state index in [9.17, 15) is 9.18 Å². The van der Waals surface area contributed by atoms with Gasteiger partial charge >= 0.3 is 0 Å². The Hall–Kier alpha value is -2.62. The van der Waals surface area contributed by atoms with Crippen molar-refractivity contribution >= 4 is 16.8 Å². The minimum Gasteiger partial charge on any atom is -0.358 e. The van der Waals surface area contributed by atoms with E-state index in [0.717, 1.165) is 11.9 Å². The fraction of sp³-hybridized carbons (Fsp3) is 0.211. The van der Waals surface area contributed by atoms with Crippen LogP contribution in [-0.2, 0) is 13.0 Å². The van der Waals surface area contributed by atoms with E-state index in [1.165, 1.54) is 34.3 Å². The van der Waals surface area contributed by atoms with Crippen molar-refractivity contribution in [3.8, 4) is 0 Å². The number of aryl methyl sites for hydroxylation is 1. The Morgan fingerprint density at radius 1 is 1.17 bits per heavy atom. The second-order valence-corrected chi connectivity index (χ2v) is 6.11. The van der Waals surface area contributed by atoms with Gasteiger partial charge in [-0.15, -0.1) is 0 Å². The van der Waals surface area contributed by atoms with Crippen molar-refractivity contribution < 1.29 is 9.18 Å². The van der Waals surface area contributed by atoms with E-state index in [2.05, 4.69) is 30.1 Å². The van der Waals surface area contributed by atoms with Crippen molar-refractivity contribution in [1.82, 2.24) is 9.88 Å². The number of aromatic amines is 1. The molecule has 1 aliphatic rings. The minimum atomic E-state index is -0.325. The Labute approximate surface area is 133 Å². The van der Waals surface area contributed by atoms with Crippen molar-refractivity contribution in [1.29, 1.82) is 0 Å². The number of nitrogens with zero attached hydrogens (tertiary/aromatic N) is 1. The number of rotatable bonds is 1. The highest BCUT2D eigenvalue weighted by atomic mass is 19.1. The molecular weight excluding hydrogens is 291 g/mol. The second-order valence-electron chi connectivity index (χ2n) is 6.11. The number of fused-ring (bicyclic) bond motifs is 3. The molecule has 0 bridgehead atoms. The fourth-order valence-corrected chi connectivity index (χ4v) is 3.28. The molecule has 1 N–H and O–H groups in total. The van der Waals surface area contributed by atoms with E-state index in [0.29, 0.717) is 18.7 Å². The molecule has 0 aliphatic carbocycles. The first-order valence-corrected chi connectivity index (χ1v) is 7.77. The van der Waals surface area contributed by atoms with Gasteiger partial charge in [0.1, 0.15) is 5.82 Å². The molecule has 3 nitrogen and oxygen atoms in total. The molecule has 2 heterocycles. The number of halogens is 1. The number of hydrogen-bond acceptors (Lipinski definition) is 1. The van der Waals surface area contributed by atoms with Crippen LogP contribution in [0.3, 0.4) is 0 Å². The lowest BCUT2D eigenvalue weighted by atomic mass is 10.0. The lowest BCUT2D eigenvalue weighted by molar-refractivity contribution is 0.0735. The number of carbonyl (C=O) groups excluding carboxylic acids is 1. The minimum absolute atomic E-state index is 0.0443. The molecule has 1 aromatic heterocycles. The van der Waals surface area contributed by atoms with E-state index in [1.54, 1.807) is 12.1 Å². The van der Waals surface area contributed by atoms with Gasteiger partial charge < -0.3 is 9.88 Å². The van der Waals surface area contributed by atoms with E-state index < -0.39 is 0 Å². The number of H-pyrrole nitrogens is 1. The quantitative estimate of drug-likeness (QED) is 0.729. The third kappa shape index (κ3) is 2.40. The maximum absolute atomic E-state index is 13.0. The van der Waals surface area contributed by atoms with Crippen molar-refractivity contribution in [3.63, 3.8) is 0 Å². The molecule has 0 saturated carbocycles. The summed E-state index contributed by atoms with van der Waals surface area (Å²) in [5, 5.41) is 1.18. The monoisotopic (exact) mass is 308 g/mol. The average Bonchev–Trinajstić information content (AvgIpc) is 2.91. The summed E-state index contributed by atoms with van der Waals surface area (Å²) in [6.45, 7) is 3.34. The smallest absolute Gasteiger partial charge is 0.254 e. The molecule has 2 aromatic carbocycles. The largest absolute Gasteiger partial charge is 0.358 e. The molecule has 0 fully saturated rings. The van der Waals surface area contributed by atoms with Crippen molar-refractivity contribution in [3.05, 3.63) is 70.7 Å². The highest BCUT2D eigenvalue weighted by molar-refractivity contribution is 5.95. The molecule has 0 spiro atoms. The van der Waals surface area contributed by atoms with E-state index in [1.807, 2.05) is 4.90 Å². The van der Waals surface area contributed by atoms with Crippen LogP contribution in [0, 0.1) is 12.7 Å². The van der Waals surface area contributed by atoms with Gasteiger partial charge in [0.15, 0.2) is 0 Å². The zero-order valence-corrected chi connectivity index (χ0v) is 12.9. The highest BCUT2D eigenvalue weighted by Gasteiger charge is 2.24. The van der Waals surface area contributed by atoms with Crippen LogP contribution in [0.5, 0.6) is 0 Å². The van der Waals surface area contributed by atoms with Crippen LogP contribution in [-0.4, -0.2) is 22.3 Å². The van der Waals surface area contributed by atoms with Crippen LogP contribution in [0.4, 0.5) is 4.39 Å². The Kier molecular flexibility index (Phi) is 3.18. The van der Waals surface area contributed by atoms with Crippen LogP contribution in [0.25, 0.3) is 10.9 Å². The predicted octanol–water partition coefficient (Wildman–Crippen LogP) is 3.81. The molecule has 0 atom stereocenters. The number of nitrogens with one attached hydrogen (secondary N) is 1. The second kappa shape index (κ2) is 5.23. The summed E-state index contributed by atoms with van der Waals surface area (Å²) < 4.78 is 13.0. The third-order valence-electron chi connectivity index (χ3n) is 4.51. The van der Waals surface area contributed by atoms with Crippen LogP contribution >= 0.6 is 0 Å². The predicted molar refractivity (Wildman–Crippen MR) is 87.9 cm³/mol. The summed E-state index contributed by atoms with van der Waals surface area (Å²) in [6, 6.07) is 12.1. The Morgan fingerprint density at radius 3 is 2.74 bits per heavy atom. The summed E-state index contributed by atoms with van der Waals surface area (Å²) in [6.07, 6.45) is 0.815. The average molecular weight is 308 g/mol. The SMILES string of the molecule is Cc1ccc2c3c([nH]c2c1)CCN(C(=O)c1ccc(F)cc1)C3. The maximum Gasteiger partial charge on any atom is 0.254 e. The number of hydrogen-bond donors (Lipinski definition) is 1. The van der Waals surface area contributed by atoms with E-state index in [-0.39, 0.29) is 11.7 Å². The number of amides is 1.